The van der Waals surface area contributed by atoms with Gasteiger partial charge in [0.05, 0.1) is 24.0 Å². The minimum absolute atomic E-state index is 0.0170. The summed E-state index contributed by atoms with van der Waals surface area (Å²) in [4.78, 5) is 25.6. The molecule has 5 rings (SSSR count). The van der Waals surface area contributed by atoms with Crippen molar-refractivity contribution in [2.45, 2.75) is 50.2 Å². The zero-order valence-corrected chi connectivity index (χ0v) is 22.2. The molecule has 4 aromatic rings. The van der Waals surface area contributed by atoms with Gasteiger partial charge in [-0.3, -0.25) is 4.79 Å². The second-order valence-electron chi connectivity index (χ2n) is 9.38. The van der Waals surface area contributed by atoms with Crippen molar-refractivity contribution in [2.75, 3.05) is 30.3 Å². The fraction of sp³-hybridized carbons (Fsp3) is 0.379. The fourth-order valence-electron chi connectivity index (χ4n) is 4.86. The molecule has 0 saturated carbocycles. The van der Waals surface area contributed by atoms with Gasteiger partial charge in [0, 0.05) is 25.4 Å². The summed E-state index contributed by atoms with van der Waals surface area (Å²) in [6.45, 7) is 5.21. The number of piperidine rings is 1. The maximum Gasteiger partial charge on any atom is 0.232 e. The lowest BCUT2D eigenvalue weighted by Crippen LogP contribution is -2.32. The van der Waals surface area contributed by atoms with Crippen LogP contribution in [0.5, 0.6) is 0 Å². The van der Waals surface area contributed by atoms with E-state index in [1.807, 2.05) is 71.5 Å². The number of amides is 1. The Morgan fingerprint density at radius 3 is 2.30 bits per heavy atom. The Bertz CT molecular complexity index is 1260. The average molecular weight is 515 g/mol. The molecule has 0 spiro atoms. The standard InChI is InChI=1S/C29H34N6OS/c1-2-20-37-29-32-26(34-17-10-5-11-18-34)24-21-31-35(27(24)33-29)19-16-30-28(36)25(22-12-6-3-7-13-22)23-14-8-4-9-15-23/h3-4,6-9,12-15,21,25H,2,5,10-11,16-20H2,1H3,(H,30,36). The molecule has 3 heterocycles. The Hall–Kier alpha value is -3.39. The zero-order valence-electron chi connectivity index (χ0n) is 21.3. The van der Waals surface area contributed by atoms with Crippen LogP contribution in [0.1, 0.15) is 49.7 Å². The van der Waals surface area contributed by atoms with E-state index in [1.165, 1.54) is 19.3 Å². The predicted octanol–water partition coefficient (Wildman–Crippen LogP) is 5.27. The number of anilines is 1. The average Bonchev–Trinajstić information content (AvgIpc) is 3.36. The van der Waals surface area contributed by atoms with Crippen molar-refractivity contribution in [2.24, 2.45) is 0 Å². The van der Waals surface area contributed by atoms with Crippen LogP contribution in [0.3, 0.4) is 0 Å². The molecular weight excluding hydrogens is 480 g/mol. The molecule has 1 fully saturated rings. The van der Waals surface area contributed by atoms with Gasteiger partial charge < -0.3 is 10.2 Å². The Balaban J connectivity index is 1.35. The quantitative estimate of drug-likeness (QED) is 0.230. The summed E-state index contributed by atoms with van der Waals surface area (Å²) in [6, 6.07) is 19.9. The summed E-state index contributed by atoms with van der Waals surface area (Å²) in [7, 11) is 0. The minimum atomic E-state index is -0.359. The van der Waals surface area contributed by atoms with E-state index in [9.17, 15) is 4.79 Å². The summed E-state index contributed by atoms with van der Waals surface area (Å²) >= 11 is 1.69. The van der Waals surface area contributed by atoms with Gasteiger partial charge in [0.2, 0.25) is 5.91 Å². The Labute approximate surface area is 222 Å². The van der Waals surface area contributed by atoms with Gasteiger partial charge in [-0.1, -0.05) is 79.3 Å². The highest BCUT2D eigenvalue weighted by Gasteiger charge is 2.23. The fourth-order valence-corrected chi connectivity index (χ4v) is 5.55. The van der Waals surface area contributed by atoms with Gasteiger partial charge in [-0.15, -0.1) is 0 Å². The van der Waals surface area contributed by atoms with Crippen LogP contribution in [0.4, 0.5) is 5.82 Å². The second-order valence-corrected chi connectivity index (χ2v) is 10.4. The molecule has 2 aromatic carbocycles. The van der Waals surface area contributed by atoms with Gasteiger partial charge in [-0.2, -0.15) is 5.10 Å². The SMILES string of the molecule is CCCSc1nc(N2CCCCC2)c2cnn(CCNC(=O)C(c3ccccc3)c3ccccc3)c2n1. The number of aromatic nitrogens is 4. The number of thioether (sulfide) groups is 1. The van der Waals surface area contributed by atoms with E-state index >= 15 is 0 Å². The molecule has 192 valence electrons. The van der Waals surface area contributed by atoms with Crippen molar-refractivity contribution in [1.29, 1.82) is 0 Å². The lowest BCUT2D eigenvalue weighted by atomic mass is 9.90. The van der Waals surface area contributed by atoms with Crippen LogP contribution in [0, 0.1) is 0 Å². The molecule has 0 unspecified atom stereocenters. The maximum absolute atomic E-state index is 13.4. The van der Waals surface area contributed by atoms with E-state index in [0.717, 1.165) is 58.4 Å². The Morgan fingerprint density at radius 1 is 0.973 bits per heavy atom. The molecule has 7 nitrogen and oxygen atoms in total. The number of nitrogens with zero attached hydrogens (tertiary/aromatic N) is 5. The van der Waals surface area contributed by atoms with Crippen molar-refractivity contribution in [3.8, 4) is 0 Å². The van der Waals surface area contributed by atoms with Crippen LogP contribution in [0.15, 0.2) is 72.0 Å². The lowest BCUT2D eigenvalue weighted by molar-refractivity contribution is -0.121. The third-order valence-electron chi connectivity index (χ3n) is 6.70. The van der Waals surface area contributed by atoms with E-state index in [4.69, 9.17) is 9.97 Å². The zero-order chi connectivity index (χ0) is 25.5. The predicted molar refractivity (Wildman–Crippen MR) is 150 cm³/mol. The summed E-state index contributed by atoms with van der Waals surface area (Å²) in [5, 5.41) is 9.59. The number of carbonyl (C=O) groups is 1. The van der Waals surface area contributed by atoms with Gasteiger partial charge in [0.15, 0.2) is 10.8 Å². The van der Waals surface area contributed by atoms with Gasteiger partial charge in [-0.05, 0) is 36.8 Å². The molecule has 2 aromatic heterocycles. The summed E-state index contributed by atoms with van der Waals surface area (Å²) < 4.78 is 1.90. The first kappa shape index (κ1) is 25.3. The second kappa shape index (κ2) is 12.2. The molecule has 0 atom stereocenters. The summed E-state index contributed by atoms with van der Waals surface area (Å²) in [5.41, 5.74) is 2.80. The highest BCUT2D eigenvalue weighted by Crippen LogP contribution is 2.29. The van der Waals surface area contributed by atoms with Crippen LogP contribution in [-0.2, 0) is 11.3 Å². The van der Waals surface area contributed by atoms with Gasteiger partial charge in [0.1, 0.15) is 5.82 Å². The first-order valence-corrected chi connectivity index (χ1v) is 14.2. The Kier molecular flexibility index (Phi) is 8.35. The third kappa shape index (κ3) is 5.96. The lowest BCUT2D eigenvalue weighted by Gasteiger charge is -2.28. The molecule has 37 heavy (non-hydrogen) atoms. The summed E-state index contributed by atoms with van der Waals surface area (Å²) in [5.74, 6) is 1.60. The summed E-state index contributed by atoms with van der Waals surface area (Å²) in [6.07, 6.45) is 6.60. The van der Waals surface area contributed by atoms with E-state index in [2.05, 4.69) is 22.2 Å². The van der Waals surface area contributed by atoms with E-state index in [1.54, 1.807) is 11.8 Å². The molecular formula is C29H34N6OS. The molecule has 1 aliphatic heterocycles. The monoisotopic (exact) mass is 514 g/mol. The van der Waals surface area contributed by atoms with Crippen molar-refractivity contribution in [3.05, 3.63) is 78.0 Å². The molecule has 8 heteroatoms. The molecule has 0 radical (unpaired) electrons. The van der Waals surface area contributed by atoms with Gasteiger partial charge in [0.25, 0.3) is 0 Å². The number of hydrogen-bond donors (Lipinski definition) is 1. The number of benzene rings is 2. The molecule has 0 aliphatic carbocycles. The largest absolute Gasteiger partial charge is 0.356 e. The molecule has 1 saturated heterocycles. The van der Waals surface area contributed by atoms with Crippen LogP contribution >= 0.6 is 11.8 Å². The van der Waals surface area contributed by atoms with Crippen molar-refractivity contribution in [3.63, 3.8) is 0 Å². The van der Waals surface area contributed by atoms with Gasteiger partial charge >= 0.3 is 0 Å². The molecule has 1 N–H and O–H groups in total. The highest BCUT2D eigenvalue weighted by molar-refractivity contribution is 7.99. The number of carbonyl (C=O) groups excluding carboxylic acids is 1. The first-order valence-electron chi connectivity index (χ1n) is 13.2. The van der Waals surface area contributed by atoms with Crippen LogP contribution in [0.2, 0.25) is 0 Å². The third-order valence-corrected chi connectivity index (χ3v) is 7.75. The van der Waals surface area contributed by atoms with Crippen molar-refractivity contribution < 1.29 is 4.79 Å². The van der Waals surface area contributed by atoms with E-state index in [-0.39, 0.29) is 11.8 Å². The number of rotatable bonds is 10. The molecule has 1 aliphatic rings. The van der Waals surface area contributed by atoms with Crippen LogP contribution in [0.25, 0.3) is 11.0 Å². The van der Waals surface area contributed by atoms with E-state index in [0.29, 0.717) is 13.1 Å². The minimum Gasteiger partial charge on any atom is -0.356 e. The number of fused-ring (bicyclic) bond motifs is 1. The van der Waals surface area contributed by atoms with Crippen LogP contribution < -0.4 is 10.2 Å². The highest BCUT2D eigenvalue weighted by atomic mass is 32.2. The maximum atomic E-state index is 13.4. The first-order chi connectivity index (χ1) is 18.2. The van der Waals surface area contributed by atoms with E-state index < -0.39 is 0 Å². The van der Waals surface area contributed by atoms with Crippen molar-refractivity contribution in [1.82, 2.24) is 25.1 Å². The van der Waals surface area contributed by atoms with Gasteiger partial charge in [-0.25, -0.2) is 14.6 Å². The molecule has 0 bridgehead atoms. The van der Waals surface area contributed by atoms with Crippen molar-refractivity contribution >= 4 is 34.5 Å². The van der Waals surface area contributed by atoms with Crippen LogP contribution in [-0.4, -0.2) is 51.0 Å². The Morgan fingerprint density at radius 2 is 1.65 bits per heavy atom. The number of nitrogens with one attached hydrogen (secondary N) is 1. The normalized spacial score (nSPS) is 13.8. The molecule has 1 amide bonds. The smallest absolute Gasteiger partial charge is 0.232 e. The topological polar surface area (TPSA) is 75.9 Å². The number of hydrogen-bond acceptors (Lipinski definition) is 6.